The first-order valence-corrected chi connectivity index (χ1v) is 19.4. The molecule has 0 unspecified atom stereocenters. The number of alkyl carbamates (subject to hydrolysis) is 1. The van der Waals surface area contributed by atoms with Crippen molar-refractivity contribution < 1.29 is 32.3 Å². The molecule has 51 heavy (non-hydrogen) atoms. The van der Waals surface area contributed by atoms with Crippen molar-refractivity contribution in [1.29, 1.82) is 0 Å². The Labute approximate surface area is 309 Å². The van der Waals surface area contributed by atoms with Crippen LogP contribution in [0.15, 0.2) is 47.4 Å². The monoisotopic (exact) mass is 761 g/mol. The predicted molar refractivity (Wildman–Crippen MR) is 195 cm³/mol. The highest BCUT2D eigenvalue weighted by Gasteiger charge is 2.41. The van der Waals surface area contributed by atoms with E-state index in [0.717, 1.165) is 11.1 Å². The van der Waals surface area contributed by atoms with Gasteiger partial charge in [-0.3, -0.25) is 9.59 Å². The van der Waals surface area contributed by atoms with E-state index >= 15 is 0 Å². The van der Waals surface area contributed by atoms with Gasteiger partial charge in [0.1, 0.15) is 34.4 Å². The summed E-state index contributed by atoms with van der Waals surface area (Å²) in [6, 6.07) is 11.1. The molecule has 0 spiro atoms. The molecule has 0 aliphatic carbocycles. The highest BCUT2D eigenvalue weighted by molar-refractivity contribution is 7.89. The molecule has 15 heteroatoms. The summed E-state index contributed by atoms with van der Waals surface area (Å²) in [5.41, 5.74) is 1.21. The zero-order chi connectivity index (χ0) is 36.9. The van der Waals surface area contributed by atoms with Crippen molar-refractivity contribution in [3.05, 3.63) is 63.8 Å². The zero-order valence-corrected chi connectivity index (χ0v) is 31.7. The lowest BCUT2D eigenvalue weighted by Crippen LogP contribution is -2.52. The summed E-state index contributed by atoms with van der Waals surface area (Å²) in [6.45, 7) is 8.57. The van der Waals surface area contributed by atoms with Crippen molar-refractivity contribution in [2.45, 2.75) is 95.4 Å². The third-order valence-corrected chi connectivity index (χ3v) is 11.7. The second-order valence-electron chi connectivity index (χ2n) is 13.9. The average Bonchev–Trinajstić information content (AvgIpc) is 3.58. The molecule has 2 saturated heterocycles. The molecule has 0 bridgehead atoms. The predicted octanol–water partition coefficient (Wildman–Crippen LogP) is 5.99. The van der Waals surface area contributed by atoms with Gasteiger partial charge in [-0.05, 0) is 84.1 Å². The topological polar surface area (TPSA) is 147 Å². The number of pyridine rings is 1. The van der Waals surface area contributed by atoms with Crippen molar-refractivity contribution in [3.63, 3.8) is 0 Å². The third kappa shape index (κ3) is 9.62. The molecule has 5 rings (SSSR count). The summed E-state index contributed by atoms with van der Waals surface area (Å²) in [7, 11) is -4.19. The summed E-state index contributed by atoms with van der Waals surface area (Å²) in [6.07, 6.45) is 2.22. The van der Waals surface area contributed by atoms with Crippen LogP contribution in [0.3, 0.4) is 0 Å². The normalized spacial score (nSPS) is 17.4. The number of nitrogens with one attached hydrogen (secondary N) is 2. The Morgan fingerprint density at radius 1 is 1.00 bits per heavy atom. The number of rotatable bonds is 11. The quantitative estimate of drug-likeness (QED) is 0.227. The molecular formula is C36H45Cl2N5O7S. The van der Waals surface area contributed by atoms with Crippen molar-refractivity contribution >= 4 is 62.0 Å². The summed E-state index contributed by atoms with van der Waals surface area (Å²) in [4.78, 5) is 44.2. The van der Waals surface area contributed by atoms with Gasteiger partial charge >= 0.3 is 6.09 Å². The molecule has 3 amide bonds. The average molecular weight is 763 g/mol. The molecule has 2 N–H and O–H groups in total. The highest BCUT2D eigenvalue weighted by Crippen LogP contribution is 2.36. The number of carbonyl (C=O) groups excluding carboxylic acids is 3. The van der Waals surface area contributed by atoms with Crippen LogP contribution in [-0.2, 0) is 31.0 Å². The molecule has 0 radical (unpaired) electrons. The van der Waals surface area contributed by atoms with Crippen LogP contribution >= 0.6 is 23.2 Å². The van der Waals surface area contributed by atoms with Crippen molar-refractivity contribution in [1.82, 2.24) is 24.8 Å². The number of ether oxygens (including phenoxy) is 2. The van der Waals surface area contributed by atoms with Crippen LogP contribution in [0.4, 0.5) is 4.79 Å². The molecule has 2 aliphatic rings. The molecule has 276 valence electrons. The minimum atomic E-state index is -4.19. The van der Waals surface area contributed by atoms with E-state index in [9.17, 15) is 22.8 Å². The Bertz CT molecular complexity index is 1880. The molecule has 12 nitrogen and oxygen atoms in total. The lowest BCUT2D eigenvalue weighted by molar-refractivity contribution is -0.132. The zero-order valence-electron chi connectivity index (χ0n) is 29.3. The fourth-order valence-corrected chi connectivity index (χ4v) is 8.80. The molecule has 0 saturated carbocycles. The van der Waals surface area contributed by atoms with Crippen LogP contribution in [0.25, 0.3) is 10.9 Å². The molecule has 1 atom stereocenters. The van der Waals surface area contributed by atoms with Crippen LogP contribution in [0.1, 0.15) is 70.6 Å². The van der Waals surface area contributed by atoms with Crippen LogP contribution < -0.4 is 15.4 Å². The van der Waals surface area contributed by atoms with Gasteiger partial charge in [-0.2, -0.15) is 4.31 Å². The number of amides is 3. The molecule has 2 aromatic carbocycles. The first kappa shape index (κ1) is 38.6. The summed E-state index contributed by atoms with van der Waals surface area (Å²) < 4.78 is 40.6. The first-order valence-electron chi connectivity index (χ1n) is 17.2. The Morgan fingerprint density at radius 2 is 1.75 bits per heavy atom. The van der Waals surface area contributed by atoms with E-state index in [-0.39, 0.29) is 52.4 Å². The molecule has 1 aromatic heterocycles. The highest BCUT2D eigenvalue weighted by atomic mass is 35.5. The van der Waals surface area contributed by atoms with Gasteiger partial charge in [-0.1, -0.05) is 41.4 Å². The standard InChI is InChI=1S/C36H45Cl2N5O7S/c1-23-12-13-24-8-5-10-29(33(24)40-23)49-22-26-27(37)14-15-30(32(26)38)51(47,48)43-19-7-9-28(43)34(45)41-25-16-20-42(21-17-25)31(44)11-6-18-39-35(46)50-36(2,3)4/h5,8,10,12-15,25,28H,6-7,9,11,16-22H2,1-4H3,(H,39,46)(H,41,45)/t28-/m0/s1. The largest absolute Gasteiger partial charge is 0.487 e. The number of sulfonamides is 1. The van der Waals surface area contributed by atoms with Crippen molar-refractivity contribution in [3.8, 4) is 5.75 Å². The van der Waals surface area contributed by atoms with Gasteiger partial charge in [0.25, 0.3) is 0 Å². The number of carbonyl (C=O) groups is 3. The van der Waals surface area contributed by atoms with Gasteiger partial charge in [-0.25, -0.2) is 18.2 Å². The molecular weight excluding hydrogens is 717 g/mol. The number of fused-ring (bicyclic) bond motifs is 1. The van der Waals surface area contributed by atoms with Gasteiger partial charge in [0.15, 0.2) is 0 Å². The number of hydrogen-bond donors (Lipinski definition) is 2. The Balaban J connectivity index is 1.16. The van der Waals surface area contributed by atoms with E-state index in [1.165, 1.54) is 16.4 Å². The number of aryl methyl sites for hydroxylation is 1. The molecule has 2 fully saturated rings. The number of benzene rings is 2. The van der Waals surface area contributed by atoms with Crippen LogP contribution in [0.2, 0.25) is 10.0 Å². The summed E-state index contributed by atoms with van der Waals surface area (Å²) >= 11 is 13.2. The van der Waals surface area contributed by atoms with E-state index in [2.05, 4.69) is 15.6 Å². The Morgan fingerprint density at radius 3 is 2.47 bits per heavy atom. The van der Waals surface area contributed by atoms with E-state index in [0.29, 0.717) is 68.6 Å². The third-order valence-electron chi connectivity index (χ3n) is 8.87. The smallest absolute Gasteiger partial charge is 0.407 e. The van der Waals surface area contributed by atoms with Gasteiger partial charge in [0.05, 0.1) is 5.02 Å². The number of piperidine rings is 1. The van der Waals surface area contributed by atoms with Crippen LogP contribution in [0.5, 0.6) is 5.75 Å². The van der Waals surface area contributed by atoms with E-state index in [1.807, 2.05) is 31.2 Å². The maximum atomic E-state index is 14.0. The summed E-state index contributed by atoms with van der Waals surface area (Å²) in [5, 5.41) is 6.77. The number of para-hydroxylation sites is 1. The fourth-order valence-electron chi connectivity index (χ4n) is 6.28. The second-order valence-corrected chi connectivity index (χ2v) is 16.5. The lowest BCUT2D eigenvalue weighted by Gasteiger charge is -2.33. The van der Waals surface area contributed by atoms with Gasteiger partial charge < -0.3 is 25.0 Å². The minimum Gasteiger partial charge on any atom is -0.487 e. The number of halogens is 2. The van der Waals surface area contributed by atoms with Gasteiger partial charge in [-0.15, -0.1) is 0 Å². The fraction of sp³-hybridized carbons (Fsp3) is 0.500. The van der Waals surface area contributed by atoms with Crippen LogP contribution in [0, 0.1) is 6.92 Å². The maximum Gasteiger partial charge on any atom is 0.407 e. The van der Waals surface area contributed by atoms with Crippen molar-refractivity contribution in [2.75, 3.05) is 26.2 Å². The molecule has 3 aromatic rings. The summed E-state index contributed by atoms with van der Waals surface area (Å²) in [5.74, 6) is 0.115. The van der Waals surface area contributed by atoms with E-state index in [1.54, 1.807) is 31.7 Å². The Kier molecular flexibility index (Phi) is 12.4. The SMILES string of the molecule is Cc1ccc2cccc(OCc3c(Cl)ccc(S(=O)(=O)N4CCC[C@H]4C(=O)NC4CCN(C(=O)CCCNC(=O)OC(C)(C)C)CC4)c3Cl)c2n1. The first-order chi connectivity index (χ1) is 24.1. The number of likely N-dealkylation sites (tertiary alicyclic amines) is 1. The number of hydrogen-bond acceptors (Lipinski definition) is 8. The van der Waals surface area contributed by atoms with E-state index < -0.39 is 27.8 Å². The molecule has 3 heterocycles. The van der Waals surface area contributed by atoms with Gasteiger partial charge in [0.2, 0.25) is 21.8 Å². The van der Waals surface area contributed by atoms with Gasteiger partial charge in [0, 0.05) is 60.3 Å². The lowest BCUT2D eigenvalue weighted by atomic mass is 10.0. The Hall–Kier alpha value is -3.65. The minimum absolute atomic E-state index is 0.0210. The van der Waals surface area contributed by atoms with E-state index in [4.69, 9.17) is 32.7 Å². The number of aromatic nitrogens is 1. The second kappa shape index (κ2) is 16.4. The maximum absolute atomic E-state index is 14.0. The van der Waals surface area contributed by atoms with Crippen molar-refractivity contribution in [2.24, 2.45) is 0 Å². The number of nitrogens with zero attached hydrogens (tertiary/aromatic N) is 3. The molecule has 2 aliphatic heterocycles. The van der Waals surface area contributed by atoms with Crippen LogP contribution in [-0.4, -0.2) is 84.4 Å².